The van der Waals surface area contributed by atoms with E-state index in [1.807, 2.05) is 36.5 Å². The minimum Gasteiger partial charge on any atom is -0.370 e. The summed E-state index contributed by atoms with van der Waals surface area (Å²) in [5.74, 6) is 0.871. The van der Waals surface area contributed by atoms with Crippen LogP contribution in [0.15, 0.2) is 54.9 Å². The molecule has 0 atom stereocenters. The summed E-state index contributed by atoms with van der Waals surface area (Å²) >= 11 is 0. The van der Waals surface area contributed by atoms with Crippen molar-refractivity contribution in [1.82, 2.24) is 9.97 Å². The van der Waals surface area contributed by atoms with Gasteiger partial charge in [0.05, 0.1) is 5.52 Å². The van der Waals surface area contributed by atoms with Crippen molar-refractivity contribution in [2.45, 2.75) is 6.92 Å². The molecule has 2 N–H and O–H groups in total. The van der Waals surface area contributed by atoms with Crippen molar-refractivity contribution in [3.63, 3.8) is 0 Å². The van der Waals surface area contributed by atoms with E-state index in [-0.39, 0.29) is 0 Å². The van der Waals surface area contributed by atoms with E-state index in [1.165, 1.54) is 0 Å². The van der Waals surface area contributed by atoms with Crippen LogP contribution in [0.25, 0.3) is 10.9 Å². The maximum absolute atomic E-state index is 4.37. The molecule has 0 spiro atoms. The van der Waals surface area contributed by atoms with Gasteiger partial charge in [-0.15, -0.1) is 0 Å². The summed E-state index contributed by atoms with van der Waals surface area (Å²) < 4.78 is 0. The second kappa shape index (κ2) is 5.57. The third-order valence-corrected chi connectivity index (χ3v) is 3.04. The molecule has 0 aliphatic carbocycles. The van der Waals surface area contributed by atoms with Crippen LogP contribution in [0.2, 0.25) is 0 Å². The highest BCUT2D eigenvalue weighted by Gasteiger charge is 2.02. The SMILES string of the molecule is CCNc1cc(Nc2cccc3ncccc23)ccn1. The Morgan fingerprint density at radius 2 is 1.95 bits per heavy atom. The van der Waals surface area contributed by atoms with E-state index >= 15 is 0 Å². The Morgan fingerprint density at radius 1 is 1.00 bits per heavy atom. The lowest BCUT2D eigenvalue weighted by atomic mass is 10.2. The Labute approximate surface area is 117 Å². The molecule has 0 amide bonds. The Bertz CT molecular complexity index is 719. The average molecular weight is 264 g/mol. The van der Waals surface area contributed by atoms with Gasteiger partial charge < -0.3 is 10.6 Å². The monoisotopic (exact) mass is 264 g/mol. The van der Waals surface area contributed by atoms with Crippen LogP contribution in [-0.4, -0.2) is 16.5 Å². The van der Waals surface area contributed by atoms with Gasteiger partial charge in [0.15, 0.2) is 0 Å². The topological polar surface area (TPSA) is 49.8 Å². The van der Waals surface area contributed by atoms with Gasteiger partial charge in [0, 0.05) is 41.8 Å². The first-order valence-electron chi connectivity index (χ1n) is 6.67. The second-order valence-electron chi connectivity index (χ2n) is 4.46. The number of fused-ring (bicyclic) bond motifs is 1. The molecule has 1 aromatic carbocycles. The summed E-state index contributed by atoms with van der Waals surface area (Å²) in [6.07, 6.45) is 3.60. The minimum absolute atomic E-state index is 0.856. The van der Waals surface area contributed by atoms with Gasteiger partial charge in [-0.05, 0) is 37.3 Å². The minimum atomic E-state index is 0.856. The van der Waals surface area contributed by atoms with Crippen LogP contribution < -0.4 is 10.6 Å². The highest BCUT2D eigenvalue weighted by atomic mass is 15.0. The molecular formula is C16H16N4. The van der Waals surface area contributed by atoms with E-state index in [4.69, 9.17) is 0 Å². The zero-order valence-corrected chi connectivity index (χ0v) is 11.3. The smallest absolute Gasteiger partial charge is 0.127 e. The van der Waals surface area contributed by atoms with E-state index in [0.717, 1.165) is 34.6 Å². The fraction of sp³-hybridized carbons (Fsp3) is 0.125. The molecule has 0 saturated carbocycles. The number of rotatable bonds is 4. The molecule has 0 bridgehead atoms. The van der Waals surface area contributed by atoms with Crippen LogP contribution in [0.5, 0.6) is 0 Å². The van der Waals surface area contributed by atoms with Crippen LogP contribution in [0.3, 0.4) is 0 Å². The third-order valence-electron chi connectivity index (χ3n) is 3.04. The van der Waals surface area contributed by atoms with Gasteiger partial charge >= 0.3 is 0 Å². The first-order chi connectivity index (χ1) is 9.86. The van der Waals surface area contributed by atoms with E-state index in [2.05, 4.69) is 39.7 Å². The lowest BCUT2D eigenvalue weighted by Crippen LogP contribution is -2.00. The first kappa shape index (κ1) is 12.4. The van der Waals surface area contributed by atoms with Gasteiger partial charge in [-0.3, -0.25) is 4.98 Å². The van der Waals surface area contributed by atoms with Gasteiger partial charge in [0.1, 0.15) is 5.82 Å². The Kier molecular flexibility index (Phi) is 3.46. The number of nitrogens with one attached hydrogen (secondary N) is 2. The predicted octanol–water partition coefficient (Wildman–Crippen LogP) is 3.81. The summed E-state index contributed by atoms with van der Waals surface area (Å²) in [7, 11) is 0. The van der Waals surface area contributed by atoms with Crippen molar-refractivity contribution in [2.75, 3.05) is 17.2 Å². The van der Waals surface area contributed by atoms with Crippen molar-refractivity contribution in [1.29, 1.82) is 0 Å². The molecule has 4 heteroatoms. The molecule has 0 fully saturated rings. The highest BCUT2D eigenvalue weighted by Crippen LogP contribution is 2.25. The van der Waals surface area contributed by atoms with Crippen LogP contribution in [0, 0.1) is 0 Å². The van der Waals surface area contributed by atoms with Crippen LogP contribution >= 0.6 is 0 Å². The number of anilines is 3. The molecule has 0 saturated heterocycles. The van der Waals surface area contributed by atoms with Crippen molar-refractivity contribution in [2.24, 2.45) is 0 Å². The van der Waals surface area contributed by atoms with Gasteiger partial charge in [0.25, 0.3) is 0 Å². The van der Waals surface area contributed by atoms with Crippen molar-refractivity contribution in [3.05, 3.63) is 54.9 Å². The Balaban J connectivity index is 1.95. The molecule has 100 valence electrons. The third kappa shape index (κ3) is 2.54. The molecule has 4 nitrogen and oxygen atoms in total. The Morgan fingerprint density at radius 3 is 2.85 bits per heavy atom. The number of pyridine rings is 2. The van der Waals surface area contributed by atoms with Gasteiger partial charge in [-0.1, -0.05) is 6.07 Å². The highest BCUT2D eigenvalue weighted by molar-refractivity contribution is 5.93. The largest absolute Gasteiger partial charge is 0.370 e. The second-order valence-corrected chi connectivity index (χ2v) is 4.46. The maximum atomic E-state index is 4.37. The normalized spacial score (nSPS) is 10.4. The van der Waals surface area contributed by atoms with Gasteiger partial charge in [-0.25, -0.2) is 4.98 Å². The van der Waals surface area contributed by atoms with Crippen LogP contribution in [0.1, 0.15) is 6.92 Å². The number of benzene rings is 1. The summed E-state index contributed by atoms with van der Waals surface area (Å²) in [5.41, 5.74) is 3.04. The molecule has 0 aliphatic heterocycles. The average Bonchev–Trinajstić information content (AvgIpc) is 2.48. The molecule has 2 heterocycles. The molecule has 3 rings (SSSR count). The number of aromatic nitrogens is 2. The van der Waals surface area contributed by atoms with Crippen LogP contribution in [0.4, 0.5) is 17.2 Å². The van der Waals surface area contributed by atoms with Gasteiger partial charge in [0.2, 0.25) is 0 Å². The molecule has 2 aromatic heterocycles. The van der Waals surface area contributed by atoms with Crippen molar-refractivity contribution >= 4 is 28.1 Å². The molecular weight excluding hydrogens is 248 g/mol. The number of hydrogen-bond donors (Lipinski definition) is 2. The zero-order valence-electron chi connectivity index (χ0n) is 11.3. The van der Waals surface area contributed by atoms with E-state index < -0.39 is 0 Å². The molecule has 0 radical (unpaired) electrons. The number of nitrogens with zero attached hydrogens (tertiary/aromatic N) is 2. The standard InChI is InChI=1S/C16H16N4/c1-2-17-16-11-12(8-10-19-16)20-15-7-3-6-14-13(15)5-4-9-18-14/h3-11H,2H2,1H3,(H2,17,19,20). The van der Waals surface area contributed by atoms with E-state index in [9.17, 15) is 0 Å². The van der Waals surface area contributed by atoms with Crippen molar-refractivity contribution < 1.29 is 0 Å². The fourth-order valence-corrected chi connectivity index (χ4v) is 2.15. The Hall–Kier alpha value is -2.62. The summed E-state index contributed by atoms with van der Waals surface area (Å²) in [6.45, 7) is 2.91. The zero-order chi connectivity index (χ0) is 13.8. The fourth-order valence-electron chi connectivity index (χ4n) is 2.15. The summed E-state index contributed by atoms with van der Waals surface area (Å²) in [5, 5.41) is 7.74. The maximum Gasteiger partial charge on any atom is 0.127 e. The van der Waals surface area contributed by atoms with Crippen LogP contribution in [-0.2, 0) is 0 Å². The van der Waals surface area contributed by atoms with Crippen molar-refractivity contribution in [3.8, 4) is 0 Å². The van der Waals surface area contributed by atoms with Gasteiger partial charge in [-0.2, -0.15) is 0 Å². The van der Waals surface area contributed by atoms with E-state index in [1.54, 1.807) is 6.20 Å². The van der Waals surface area contributed by atoms with E-state index in [0.29, 0.717) is 0 Å². The molecule has 20 heavy (non-hydrogen) atoms. The first-order valence-corrected chi connectivity index (χ1v) is 6.67. The number of hydrogen-bond acceptors (Lipinski definition) is 4. The molecule has 3 aromatic rings. The predicted molar refractivity (Wildman–Crippen MR) is 83.4 cm³/mol. The quantitative estimate of drug-likeness (QED) is 0.752. The molecule has 0 aliphatic rings. The molecule has 0 unspecified atom stereocenters. The lowest BCUT2D eigenvalue weighted by Gasteiger charge is -2.10. The lowest BCUT2D eigenvalue weighted by molar-refractivity contribution is 1.16. The summed E-state index contributed by atoms with van der Waals surface area (Å²) in [4.78, 5) is 8.64. The summed E-state index contributed by atoms with van der Waals surface area (Å²) in [6, 6.07) is 14.0.